The van der Waals surface area contributed by atoms with Crippen LogP contribution in [0.3, 0.4) is 0 Å². The largest absolute Gasteiger partial charge is 0.396 e. The first-order valence-electron chi connectivity index (χ1n) is 31.5. The summed E-state index contributed by atoms with van der Waals surface area (Å²) in [6, 6.07) is -5.39. The van der Waals surface area contributed by atoms with Gasteiger partial charge >= 0.3 is 0 Å². The van der Waals surface area contributed by atoms with E-state index in [1.807, 2.05) is 0 Å². The molecule has 0 aromatic heterocycles. The number of ether oxygens (including phenoxy) is 14. The Labute approximate surface area is 555 Å². The highest BCUT2D eigenvalue weighted by molar-refractivity contribution is 5.74. The van der Waals surface area contributed by atoms with E-state index < -0.39 is 322 Å². The maximum absolute atomic E-state index is 12.8. The summed E-state index contributed by atoms with van der Waals surface area (Å²) in [6.07, 6.45) is -72.0. The van der Waals surface area contributed by atoms with Gasteiger partial charge in [-0.2, -0.15) is 0 Å². The molecule has 8 rings (SSSR count). The van der Waals surface area contributed by atoms with E-state index in [2.05, 4.69) is 16.0 Å². The van der Waals surface area contributed by atoms with E-state index in [0.29, 0.717) is 0 Å². The Bertz CT molecular complexity index is 2510. The maximum Gasteiger partial charge on any atom is 0.217 e. The molecule has 7 aliphatic heterocycles. The van der Waals surface area contributed by atoms with E-state index >= 15 is 0 Å². The lowest BCUT2D eigenvalue weighted by Crippen LogP contribution is -2.70. The first-order chi connectivity index (χ1) is 46.4. The molecular formula is C55H93N3O40. The van der Waals surface area contributed by atoms with E-state index in [4.69, 9.17) is 66.3 Å². The Morgan fingerprint density at radius 1 is 0.306 bits per heavy atom. The molecule has 43 nitrogen and oxygen atoms in total. The Hall–Kier alpha value is -3.07. The molecule has 0 bridgehead atoms. The third-order valence-corrected chi connectivity index (χ3v) is 18.4. The van der Waals surface area contributed by atoms with Crippen LogP contribution in [0.4, 0.5) is 0 Å². The zero-order valence-corrected chi connectivity index (χ0v) is 52.7. The average molecular weight is 1440 g/mol. The maximum atomic E-state index is 12.8. The molecule has 40 atom stereocenters. The van der Waals surface area contributed by atoms with Crippen LogP contribution in [0.15, 0.2) is 0 Å². The summed E-state index contributed by atoms with van der Waals surface area (Å²) in [4.78, 5) is 37.8. The lowest BCUT2D eigenvalue weighted by Gasteiger charge is -2.51. The highest BCUT2D eigenvalue weighted by atomic mass is 16.8. The van der Waals surface area contributed by atoms with Gasteiger partial charge in [0.15, 0.2) is 44.0 Å². The van der Waals surface area contributed by atoms with E-state index in [0.717, 1.165) is 20.8 Å². The van der Waals surface area contributed by atoms with Gasteiger partial charge in [0.25, 0.3) is 0 Å². The second-order valence-corrected chi connectivity index (χ2v) is 25.1. The SMILES string of the molecule is CC(=O)NC1C(O)OC(CO)[C@H](O[C@@H]2OC(CO[C@@H]3OC(CO)[C@H](O)[C@H](O)C3O[C@@H]3OC(CO)[C@H](O[C@@H]4OC(CO)[C@H](O)[C@H](O)C4O)[C@H](O)C3NC(C)=O)[C@H](O)[C@H](O[C@H]3C[C@H](CO)[C@@H](O)C(O)C3O[C@@H]3OC(CO)[C@H](O[C@@H]4OC(CO)[C@H](O)[C@H](O)C4O)[C@H](O)C3NC(C)=O)C2O)[C@@H]1O. The highest BCUT2D eigenvalue weighted by Crippen LogP contribution is 2.40. The molecule has 0 radical (unpaired) electrons. The van der Waals surface area contributed by atoms with E-state index in [-0.39, 0.29) is 0 Å². The molecule has 3 amide bonds. The Kier molecular flexibility index (Phi) is 28.9. The minimum atomic E-state index is -2.37. The molecule has 7 heterocycles. The first kappa shape index (κ1) is 80.6. The number of aliphatic hydroxyl groups excluding tert-OH is 23. The standard InChI is InChI=1S/C55H93N3O40/c1-13(66)56-25-33(74)44(21(9-63)87-49(25)84)97-54-42(83)47(86-17-4-16(5-59)28(69)38(79)43(17)94-50-26(57-14(2)67)34(75)45(22(10-64)91-50)95-52-40(81)36(77)29(70)18(6-60)88-52)32(73)24(93-54)12-85-55-48(39(80)31(72)20(8-62)90-55)98-51-27(58-15(3)68)35(76)46(23(11-65)92-51)96-53-41(82)37(78)30(71)19(7-61)89-53/h16-55,59-65,69-84H,4-12H2,1-3H3,(H,56,66)(H,57,67)(H,58,68)/t16-,17+,18?,19?,20?,21?,22?,23?,24?,25?,26?,27?,28-,29+,30+,31+,32+,33-,34-,35-,36+,37+,38?,39+,40?,41?,42?,43?,44+,45+,46+,47+,48?,49?,50+,51+,52+,53+,54+,55-/m1/s1. The van der Waals surface area contributed by atoms with E-state index in [1.165, 1.54) is 0 Å². The second-order valence-electron chi connectivity index (χ2n) is 25.1. The van der Waals surface area contributed by atoms with Crippen molar-refractivity contribution in [2.75, 3.05) is 52.9 Å². The van der Waals surface area contributed by atoms with Crippen LogP contribution in [0, 0.1) is 5.92 Å². The van der Waals surface area contributed by atoms with Crippen molar-refractivity contribution in [1.82, 2.24) is 16.0 Å². The summed E-state index contributed by atoms with van der Waals surface area (Å²) in [6.45, 7) is -5.09. The molecule has 26 N–H and O–H groups in total. The Balaban J connectivity index is 1.10. The quantitative estimate of drug-likeness (QED) is 0.0404. The molecule has 8 aliphatic rings. The lowest BCUT2D eigenvalue weighted by atomic mass is 9.80. The number of hydrogen-bond acceptors (Lipinski definition) is 40. The fourth-order valence-corrected chi connectivity index (χ4v) is 13.0. The zero-order chi connectivity index (χ0) is 72.2. The molecule has 0 spiro atoms. The third kappa shape index (κ3) is 17.5. The number of rotatable bonds is 25. The molecule has 0 aromatic carbocycles. The predicted octanol–water partition coefficient (Wildman–Crippen LogP) is -17.4. The molecule has 43 heteroatoms. The second kappa shape index (κ2) is 35.1. The molecule has 0 aromatic rings. The van der Waals surface area contributed by atoms with Gasteiger partial charge in [0.05, 0.1) is 58.5 Å². The van der Waals surface area contributed by atoms with Crippen molar-refractivity contribution in [2.45, 2.75) is 266 Å². The van der Waals surface area contributed by atoms with Crippen molar-refractivity contribution in [3.8, 4) is 0 Å². The van der Waals surface area contributed by atoms with E-state index in [1.54, 1.807) is 0 Å². The van der Waals surface area contributed by atoms with Crippen molar-refractivity contribution in [3.05, 3.63) is 0 Å². The van der Waals surface area contributed by atoms with Gasteiger partial charge in [0.2, 0.25) is 17.7 Å². The van der Waals surface area contributed by atoms with Gasteiger partial charge in [-0.25, -0.2) is 0 Å². The molecular weight excluding hydrogens is 1340 g/mol. The smallest absolute Gasteiger partial charge is 0.217 e. The number of carbonyl (C=O) groups is 3. The van der Waals surface area contributed by atoms with Crippen LogP contribution in [0.2, 0.25) is 0 Å². The summed E-state index contributed by atoms with van der Waals surface area (Å²) in [5.74, 6) is -3.95. The average Bonchev–Trinajstić information content (AvgIpc) is 0.778. The van der Waals surface area contributed by atoms with Crippen LogP contribution in [0.1, 0.15) is 27.2 Å². The highest BCUT2D eigenvalue weighted by Gasteiger charge is 2.60. The number of amides is 3. The molecule has 1 saturated carbocycles. The fraction of sp³-hybridized carbons (Fsp3) is 0.945. The van der Waals surface area contributed by atoms with Gasteiger partial charge in [-0.15, -0.1) is 0 Å². The summed E-state index contributed by atoms with van der Waals surface area (Å²) in [5, 5.41) is 259. The minimum absolute atomic E-state index is 0.597. The van der Waals surface area contributed by atoms with Crippen LogP contribution in [-0.4, -0.2) is 427 Å². The van der Waals surface area contributed by atoms with Crippen molar-refractivity contribution < 1.29 is 198 Å². The third-order valence-electron chi connectivity index (χ3n) is 18.4. The van der Waals surface area contributed by atoms with Crippen LogP contribution in [0.5, 0.6) is 0 Å². The van der Waals surface area contributed by atoms with Crippen molar-refractivity contribution in [3.63, 3.8) is 0 Å². The summed E-state index contributed by atoms with van der Waals surface area (Å²) in [5.41, 5.74) is 0. The summed E-state index contributed by atoms with van der Waals surface area (Å²) in [7, 11) is 0. The number of nitrogens with one attached hydrogen (secondary N) is 3. The van der Waals surface area contributed by atoms with Crippen LogP contribution in [-0.2, 0) is 80.7 Å². The molecule has 1 aliphatic carbocycles. The minimum Gasteiger partial charge on any atom is -0.396 e. The summed E-state index contributed by atoms with van der Waals surface area (Å²) >= 11 is 0. The molecule has 568 valence electrons. The van der Waals surface area contributed by atoms with Gasteiger partial charge < -0.3 is 200 Å². The van der Waals surface area contributed by atoms with E-state index in [9.17, 15) is 132 Å². The van der Waals surface area contributed by atoms with Crippen LogP contribution < -0.4 is 16.0 Å². The van der Waals surface area contributed by atoms with Gasteiger partial charge in [-0.1, -0.05) is 0 Å². The molecule has 7 saturated heterocycles. The van der Waals surface area contributed by atoms with Crippen molar-refractivity contribution >= 4 is 17.7 Å². The van der Waals surface area contributed by atoms with Crippen LogP contribution >= 0.6 is 0 Å². The van der Waals surface area contributed by atoms with Gasteiger partial charge in [0, 0.05) is 33.3 Å². The summed E-state index contributed by atoms with van der Waals surface area (Å²) < 4.78 is 82.6. The van der Waals surface area contributed by atoms with Crippen LogP contribution in [0.25, 0.3) is 0 Å². The van der Waals surface area contributed by atoms with Gasteiger partial charge in [-0.3, -0.25) is 14.4 Å². The lowest BCUT2D eigenvalue weighted by molar-refractivity contribution is -0.381. The normalized spacial score (nSPS) is 49.5. The molecule has 8 fully saturated rings. The number of carbonyl (C=O) groups excluding carboxylic acids is 3. The zero-order valence-electron chi connectivity index (χ0n) is 52.7. The fourth-order valence-electron chi connectivity index (χ4n) is 13.0. The van der Waals surface area contributed by atoms with Gasteiger partial charge in [0.1, 0.15) is 183 Å². The monoisotopic (exact) mass is 1440 g/mol. The Morgan fingerprint density at radius 2 is 0.653 bits per heavy atom. The first-order valence-corrected chi connectivity index (χ1v) is 31.5. The Morgan fingerprint density at radius 3 is 1.08 bits per heavy atom. The van der Waals surface area contributed by atoms with Crippen molar-refractivity contribution in [2.24, 2.45) is 5.92 Å². The predicted molar refractivity (Wildman–Crippen MR) is 302 cm³/mol. The van der Waals surface area contributed by atoms with Crippen molar-refractivity contribution in [1.29, 1.82) is 0 Å². The van der Waals surface area contributed by atoms with Gasteiger partial charge in [-0.05, 0) is 6.42 Å². The number of aliphatic hydroxyl groups is 23. The number of hydrogen-bond donors (Lipinski definition) is 26. The molecule has 17 unspecified atom stereocenters. The topological polar surface area (TPSA) is 682 Å². The molecule has 98 heavy (non-hydrogen) atoms.